The van der Waals surface area contributed by atoms with Gasteiger partial charge in [0.25, 0.3) is 5.91 Å². The summed E-state index contributed by atoms with van der Waals surface area (Å²) in [6, 6.07) is 12.8. The lowest BCUT2D eigenvalue weighted by Crippen LogP contribution is -2.16. The largest absolute Gasteiger partial charge is 0.324 e. The molecule has 120 valence electrons. The van der Waals surface area contributed by atoms with Crippen molar-refractivity contribution in [2.45, 2.75) is 33.6 Å². The van der Waals surface area contributed by atoms with Gasteiger partial charge in [-0.25, -0.2) is 0 Å². The van der Waals surface area contributed by atoms with E-state index in [-0.39, 0.29) is 11.8 Å². The predicted molar refractivity (Wildman–Crippen MR) is 93.8 cm³/mol. The van der Waals surface area contributed by atoms with E-state index in [4.69, 9.17) is 0 Å². The SMILES string of the molecule is CCCC(=O)Nc1ccccc1NC(=O)c1ccc(C)c(C)c1. The second kappa shape index (κ2) is 7.58. The van der Waals surface area contributed by atoms with E-state index >= 15 is 0 Å². The lowest BCUT2D eigenvalue weighted by molar-refractivity contribution is -0.116. The Bertz CT molecular complexity index is 723. The van der Waals surface area contributed by atoms with Crippen LogP contribution in [0.3, 0.4) is 0 Å². The number of anilines is 2. The highest BCUT2D eigenvalue weighted by molar-refractivity contribution is 6.07. The Morgan fingerprint density at radius 3 is 2.17 bits per heavy atom. The van der Waals surface area contributed by atoms with Gasteiger partial charge in [-0.1, -0.05) is 25.1 Å². The van der Waals surface area contributed by atoms with Crippen molar-refractivity contribution in [3.05, 3.63) is 59.2 Å². The molecule has 0 bridgehead atoms. The third kappa shape index (κ3) is 4.42. The minimum absolute atomic E-state index is 0.0552. The van der Waals surface area contributed by atoms with E-state index < -0.39 is 0 Å². The van der Waals surface area contributed by atoms with Gasteiger partial charge in [0.2, 0.25) is 5.91 Å². The Kier molecular flexibility index (Phi) is 5.52. The predicted octanol–water partition coefficient (Wildman–Crippen LogP) is 4.29. The highest BCUT2D eigenvalue weighted by Crippen LogP contribution is 2.22. The van der Waals surface area contributed by atoms with Gasteiger partial charge in [-0.2, -0.15) is 0 Å². The molecule has 0 aliphatic carbocycles. The van der Waals surface area contributed by atoms with Gasteiger partial charge < -0.3 is 10.6 Å². The number of aryl methyl sites for hydroxylation is 2. The average molecular weight is 310 g/mol. The summed E-state index contributed by atoms with van der Waals surface area (Å²) in [6.45, 7) is 5.94. The van der Waals surface area contributed by atoms with E-state index in [1.807, 2.05) is 45.0 Å². The number of para-hydroxylation sites is 2. The lowest BCUT2D eigenvalue weighted by Gasteiger charge is -2.12. The van der Waals surface area contributed by atoms with Crippen molar-refractivity contribution in [1.82, 2.24) is 0 Å². The van der Waals surface area contributed by atoms with Crippen LogP contribution in [0, 0.1) is 13.8 Å². The Balaban J connectivity index is 2.17. The molecule has 2 aromatic rings. The standard InChI is InChI=1S/C19H22N2O2/c1-4-7-18(22)20-16-8-5-6-9-17(16)21-19(23)15-11-10-13(2)14(3)12-15/h5-6,8-12H,4,7H2,1-3H3,(H,20,22)(H,21,23). The highest BCUT2D eigenvalue weighted by Gasteiger charge is 2.11. The molecule has 0 aliphatic heterocycles. The molecule has 0 unspecified atom stereocenters. The van der Waals surface area contributed by atoms with Crippen LogP contribution < -0.4 is 10.6 Å². The van der Waals surface area contributed by atoms with Gasteiger partial charge in [0.05, 0.1) is 11.4 Å². The fourth-order valence-electron chi connectivity index (χ4n) is 2.22. The molecule has 0 aromatic heterocycles. The third-order valence-corrected chi connectivity index (χ3v) is 3.70. The monoisotopic (exact) mass is 310 g/mol. The maximum atomic E-state index is 12.4. The van der Waals surface area contributed by atoms with Crippen molar-refractivity contribution in [3.8, 4) is 0 Å². The van der Waals surface area contributed by atoms with Crippen LogP contribution in [0.5, 0.6) is 0 Å². The second-order valence-corrected chi connectivity index (χ2v) is 5.60. The number of hydrogen-bond acceptors (Lipinski definition) is 2. The van der Waals surface area contributed by atoms with Crippen LogP contribution in [0.1, 0.15) is 41.3 Å². The summed E-state index contributed by atoms with van der Waals surface area (Å²) in [5.74, 6) is -0.245. The first kappa shape index (κ1) is 16.7. The van der Waals surface area contributed by atoms with Crippen LogP contribution in [0.4, 0.5) is 11.4 Å². The van der Waals surface area contributed by atoms with E-state index in [9.17, 15) is 9.59 Å². The van der Waals surface area contributed by atoms with Gasteiger partial charge in [-0.15, -0.1) is 0 Å². The zero-order valence-corrected chi connectivity index (χ0v) is 13.8. The van der Waals surface area contributed by atoms with E-state index in [0.29, 0.717) is 23.4 Å². The molecular weight excluding hydrogens is 288 g/mol. The van der Waals surface area contributed by atoms with Gasteiger partial charge in [0.15, 0.2) is 0 Å². The van der Waals surface area contributed by atoms with Gasteiger partial charge in [-0.05, 0) is 55.7 Å². The van der Waals surface area contributed by atoms with Crippen LogP contribution in [0.2, 0.25) is 0 Å². The van der Waals surface area contributed by atoms with E-state index in [1.54, 1.807) is 18.2 Å². The van der Waals surface area contributed by atoms with Crippen LogP contribution >= 0.6 is 0 Å². The van der Waals surface area contributed by atoms with Crippen LogP contribution in [0.25, 0.3) is 0 Å². The number of amides is 2. The molecule has 4 nitrogen and oxygen atoms in total. The van der Waals surface area contributed by atoms with Gasteiger partial charge >= 0.3 is 0 Å². The summed E-state index contributed by atoms with van der Waals surface area (Å²) in [5, 5.41) is 5.70. The van der Waals surface area contributed by atoms with Gasteiger partial charge in [-0.3, -0.25) is 9.59 Å². The van der Waals surface area contributed by atoms with E-state index in [2.05, 4.69) is 10.6 Å². The molecule has 0 spiro atoms. The molecule has 4 heteroatoms. The number of benzene rings is 2. The Labute approximate surface area is 136 Å². The minimum Gasteiger partial charge on any atom is -0.324 e. The van der Waals surface area contributed by atoms with Crippen molar-refractivity contribution in [1.29, 1.82) is 0 Å². The van der Waals surface area contributed by atoms with E-state index in [1.165, 1.54) is 0 Å². The molecule has 0 saturated heterocycles. The summed E-state index contributed by atoms with van der Waals surface area (Å²) < 4.78 is 0. The van der Waals surface area contributed by atoms with Gasteiger partial charge in [0.1, 0.15) is 0 Å². The summed E-state index contributed by atoms with van der Waals surface area (Å²) in [4.78, 5) is 24.2. The van der Waals surface area contributed by atoms with Crippen molar-refractivity contribution in [3.63, 3.8) is 0 Å². The number of nitrogens with one attached hydrogen (secondary N) is 2. The topological polar surface area (TPSA) is 58.2 Å². The fraction of sp³-hybridized carbons (Fsp3) is 0.263. The first-order valence-electron chi connectivity index (χ1n) is 7.78. The second-order valence-electron chi connectivity index (χ2n) is 5.60. The maximum Gasteiger partial charge on any atom is 0.255 e. The van der Waals surface area contributed by atoms with Crippen LogP contribution in [-0.2, 0) is 4.79 Å². The van der Waals surface area contributed by atoms with Gasteiger partial charge in [0, 0.05) is 12.0 Å². The molecule has 0 aliphatic rings. The quantitative estimate of drug-likeness (QED) is 0.865. The smallest absolute Gasteiger partial charge is 0.255 e. The number of rotatable bonds is 5. The van der Waals surface area contributed by atoms with Crippen molar-refractivity contribution < 1.29 is 9.59 Å². The summed E-state index contributed by atoms with van der Waals surface area (Å²) in [5.41, 5.74) is 4.03. The molecule has 2 N–H and O–H groups in total. The third-order valence-electron chi connectivity index (χ3n) is 3.70. The van der Waals surface area contributed by atoms with Crippen molar-refractivity contribution >= 4 is 23.2 Å². The minimum atomic E-state index is -0.190. The maximum absolute atomic E-state index is 12.4. The molecule has 2 aromatic carbocycles. The number of hydrogen-bond donors (Lipinski definition) is 2. The normalized spacial score (nSPS) is 10.2. The number of carbonyl (C=O) groups excluding carboxylic acids is 2. The Morgan fingerprint density at radius 2 is 1.57 bits per heavy atom. The van der Waals surface area contributed by atoms with Crippen molar-refractivity contribution in [2.24, 2.45) is 0 Å². The first-order valence-corrected chi connectivity index (χ1v) is 7.78. The molecule has 0 fully saturated rings. The zero-order chi connectivity index (χ0) is 16.8. The molecule has 0 saturated carbocycles. The number of carbonyl (C=O) groups is 2. The molecule has 2 rings (SSSR count). The van der Waals surface area contributed by atoms with Crippen molar-refractivity contribution in [2.75, 3.05) is 10.6 Å². The summed E-state index contributed by atoms with van der Waals surface area (Å²) in [7, 11) is 0. The molecule has 2 amide bonds. The molecule has 0 atom stereocenters. The van der Waals surface area contributed by atoms with Crippen LogP contribution in [0.15, 0.2) is 42.5 Å². The Morgan fingerprint density at radius 1 is 0.913 bits per heavy atom. The molecular formula is C19H22N2O2. The van der Waals surface area contributed by atoms with Crippen LogP contribution in [-0.4, -0.2) is 11.8 Å². The summed E-state index contributed by atoms with van der Waals surface area (Å²) in [6.07, 6.45) is 1.24. The fourth-order valence-corrected chi connectivity index (χ4v) is 2.22. The van der Waals surface area contributed by atoms with E-state index in [0.717, 1.165) is 17.5 Å². The summed E-state index contributed by atoms with van der Waals surface area (Å²) >= 11 is 0. The first-order chi connectivity index (χ1) is 11.0. The average Bonchev–Trinajstić information content (AvgIpc) is 2.52. The Hall–Kier alpha value is -2.62. The molecule has 0 heterocycles. The highest BCUT2D eigenvalue weighted by atomic mass is 16.2. The lowest BCUT2D eigenvalue weighted by atomic mass is 10.1. The molecule has 23 heavy (non-hydrogen) atoms. The zero-order valence-electron chi connectivity index (χ0n) is 13.8. The molecule has 0 radical (unpaired) electrons.